The molecule has 1 amide bonds. The molecule has 0 aliphatic carbocycles. The van der Waals surface area contributed by atoms with Gasteiger partial charge in [0.15, 0.2) is 0 Å². The van der Waals surface area contributed by atoms with Gasteiger partial charge in [0.25, 0.3) is 0 Å². The molecule has 0 unspecified atom stereocenters. The molecule has 3 aromatic rings. The molecule has 0 aliphatic rings. The maximum Gasteiger partial charge on any atom is 0.240 e. The van der Waals surface area contributed by atoms with Crippen molar-refractivity contribution in [2.45, 2.75) is 36.4 Å². The van der Waals surface area contributed by atoms with Crippen LogP contribution in [0.4, 0.5) is 0 Å². The quantitative estimate of drug-likeness (QED) is 0.500. The van der Waals surface area contributed by atoms with Crippen LogP contribution in [-0.4, -0.2) is 46.6 Å². The van der Waals surface area contributed by atoms with E-state index in [1.54, 1.807) is 7.05 Å². The summed E-state index contributed by atoms with van der Waals surface area (Å²) in [6, 6.07) is 19.8. The minimum absolute atomic E-state index is 0.140. The zero-order valence-electron chi connectivity index (χ0n) is 17.6. The van der Waals surface area contributed by atoms with Crippen molar-refractivity contribution in [3.8, 4) is 0 Å². The average molecular weight is 437 g/mol. The van der Waals surface area contributed by atoms with Gasteiger partial charge in [0.1, 0.15) is 11.1 Å². The zero-order valence-corrected chi connectivity index (χ0v) is 18.4. The molecule has 0 aliphatic heterocycles. The third-order valence-corrected chi connectivity index (χ3v) is 6.07. The standard InChI is InChI=1S/C24H28N4O2S/c1-28(23(29)19(26)16-17-8-3-2-4-9-17)21(12-7-15-25)24(30)31-22-14-13-18-10-5-6-11-20(18)27-22/h2-6,8-11,13-14,19,21H,7,12,15-16,25-26H2,1H3/t19-,21-/m0/s1. The number of nitrogens with zero attached hydrogens (tertiary/aromatic N) is 2. The first-order valence-electron chi connectivity index (χ1n) is 10.3. The summed E-state index contributed by atoms with van der Waals surface area (Å²) >= 11 is 1.05. The molecular formula is C24H28N4O2S. The molecule has 1 heterocycles. The highest BCUT2D eigenvalue weighted by Gasteiger charge is 2.30. The van der Waals surface area contributed by atoms with Crippen molar-refractivity contribution in [2.24, 2.45) is 11.5 Å². The Balaban J connectivity index is 1.72. The smallest absolute Gasteiger partial charge is 0.240 e. The average Bonchev–Trinajstić information content (AvgIpc) is 2.79. The van der Waals surface area contributed by atoms with Crippen molar-refractivity contribution >= 4 is 33.7 Å². The van der Waals surface area contributed by atoms with Gasteiger partial charge in [-0.25, -0.2) is 4.98 Å². The lowest BCUT2D eigenvalue weighted by molar-refractivity contribution is -0.136. The highest BCUT2D eigenvalue weighted by molar-refractivity contribution is 8.13. The monoisotopic (exact) mass is 436 g/mol. The predicted octanol–water partition coefficient (Wildman–Crippen LogP) is 2.99. The predicted molar refractivity (Wildman–Crippen MR) is 126 cm³/mol. The van der Waals surface area contributed by atoms with E-state index in [1.165, 1.54) is 4.90 Å². The van der Waals surface area contributed by atoms with Gasteiger partial charge in [0.2, 0.25) is 11.0 Å². The molecule has 0 fully saturated rings. The molecule has 3 rings (SSSR count). The Kier molecular flexibility index (Phi) is 8.17. The number of carbonyl (C=O) groups is 2. The van der Waals surface area contributed by atoms with E-state index in [0.29, 0.717) is 30.8 Å². The molecule has 2 aromatic carbocycles. The first-order chi connectivity index (χ1) is 15.0. The molecule has 0 bridgehead atoms. The number of aromatic nitrogens is 1. The Morgan fingerprint density at radius 3 is 2.48 bits per heavy atom. The molecule has 31 heavy (non-hydrogen) atoms. The number of likely N-dealkylation sites (N-methyl/N-ethyl adjacent to an activating group) is 1. The lowest BCUT2D eigenvalue weighted by Crippen LogP contribution is -2.49. The summed E-state index contributed by atoms with van der Waals surface area (Å²) in [5.41, 5.74) is 13.7. The number of para-hydroxylation sites is 1. The fraction of sp³-hybridized carbons (Fsp3) is 0.292. The summed E-state index contributed by atoms with van der Waals surface area (Å²) in [6.45, 7) is 0.445. The van der Waals surface area contributed by atoms with Crippen LogP contribution in [0.5, 0.6) is 0 Å². The second-order valence-corrected chi connectivity index (χ2v) is 8.48. The van der Waals surface area contributed by atoms with Gasteiger partial charge in [0, 0.05) is 12.4 Å². The van der Waals surface area contributed by atoms with Gasteiger partial charge in [-0.15, -0.1) is 0 Å². The van der Waals surface area contributed by atoms with Crippen LogP contribution in [0, 0.1) is 0 Å². The lowest BCUT2D eigenvalue weighted by Gasteiger charge is -2.29. The van der Waals surface area contributed by atoms with Gasteiger partial charge >= 0.3 is 0 Å². The van der Waals surface area contributed by atoms with E-state index < -0.39 is 12.1 Å². The molecular weight excluding hydrogens is 408 g/mol. The number of rotatable bonds is 9. The van der Waals surface area contributed by atoms with Crippen molar-refractivity contribution in [3.63, 3.8) is 0 Å². The van der Waals surface area contributed by atoms with E-state index in [2.05, 4.69) is 4.98 Å². The molecule has 162 valence electrons. The summed E-state index contributed by atoms with van der Waals surface area (Å²) in [5, 5.41) is 1.48. The number of pyridine rings is 1. The van der Waals surface area contributed by atoms with Gasteiger partial charge in [-0.2, -0.15) is 0 Å². The van der Waals surface area contributed by atoms with Crippen LogP contribution >= 0.6 is 11.8 Å². The second kappa shape index (κ2) is 11.0. The minimum Gasteiger partial charge on any atom is -0.333 e. The van der Waals surface area contributed by atoms with E-state index in [-0.39, 0.29) is 11.0 Å². The van der Waals surface area contributed by atoms with Crippen LogP contribution in [0.1, 0.15) is 18.4 Å². The van der Waals surface area contributed by atoms with Crippen LogP contribution in [0.3, 0.4) is 0 Å². The Labute approximate surface area is 187 Å². The maximum absolute atomic E-state index is 13.1. The normalized spacial score (nSPS) is 13.0. The van der Waals surface area contributed by atoms with Crippen LogP contribution in [-0.2, 0) is 16.0 Å². The third-order valence-electron chi connectivity index (χ3n) is 5.16. The molecule has 4 N–H and O–H groups in total. The molecule has 0 saturated carbocycles. The zero-order chi connectivity index (χ0) is 22.2. The topological polar surface area (TPSA) is 102 Å². The fourth-order valence-corrected chi connectivity index (χ4v) is 4.32. The second-order valence-electron chi connectivity index (χ2n) is 7.46. The first kappa shape index (κ1) is 22.9. The van der Waals surface area contributed by atoms with E-state index >= 15 is 0 Å². The summed E-state index contributed by atoms with van der Waals surface area (Å²) in [5.74, 6) is -0.258. The fourth-order valence-electron chi connectivity index (χ4n) is 3.43. The largest absolute Gasteiger partial charge is 0.333 e. The molecule has 6 nitrogen and oxygen atoms in total. The summed E-state index contributed by atoms with van der Waals surface area (Å²) in [7, 11) is 1.64. The van der Waals surface area contributed by atoms with E-state index in [9.17, 15) is 9.59 Å². The summed E-state index contributed by atoms with van der Waals surface area (Å²) < 4.78 is 0. The minimum atomic E-state index is -0.718. The molecule has 7 heteroatoms. The van der Waals surface area contributed by atoms with Crippen LogP contribution in [0.2, 0.25) is 0 Å². The number of carbonyl (C=O) groups excluding carboxylic acids is 2. The summed E-state index contributed by atoms with van der Waals surface area (Å²) in [4.78, 5) is 32.1. The van der Waals surface area contributed by atoms with E-state index in [0.717, 1.165) is 28.2 Å². The molecule has 0 radical (unpaired) electrons. The third kappa shape index (κ3) is 6.13. The SMILES string of the molecule is CN(C(=O)[C@@H](N)Cc1ccccc1)[C@@H](CCCN)C(=O)Sc1ccc2ccccc2n1. The first-order valence-corrected chi connectivity index (χ1v) is 11.1. The molecule has 0 spiro atoms. The number of thioether (sulfide) groups is 1. The number of hydrogen-bond donors (Lipinski definition) is 2. The van der Waals surface area contributed by atoms with Crippen molar-refractivity contribution < 1.29 is 9.59 Å². The highest BCUT2D eigenvalue weighted by atomic mass is 32.2. The van der Waals surface area contributed by atoms with Crippen molar-refractivity contribution in [3.05, 3.63) is 72.3 Å². The summed E-state index contributed by atoms with van der Waals surface area (Å²) in [6.07, 6.45) is 1.53. The molecule has 0 saturated heterocycles. The van der Waals surface area contributed by atoms with Crippen molar-refractivity contribution in [2.75, 3.05) is 13.6 Å². The van der Waals surface area contributed by atoms with Crippen molar-refractivity contribution in [1.29, 1.82) is 0 Å². The van der Waals surface area contributed by atoms with E-state index in [1.807, 2.05) is 66.7 Å². The molecule has 2 atom stereocenters. The van der Waals surface area contributed by atoms with Gasteiger partial charge < -0.3 is 16.4 Å². The van der Waals surface area contributed by atoms with Crippen molar-refractivity contribution in [1.82, 2.24) is 9.88 Å². The Hall–Kier alpha value is -2.74. The number of benzene rings is 2. The Morgan fingerprint density at radius 2 is 1.74 bits per heavy atom. The lowest BCUT2D eigenvalue weighted by atomic mass is 10.0. The van der Waals surface area contributed by atoms with E-state index in [4.69, 9.17) is 11.5 Å². The highest BCUT2D eigenvalue weighted by Crippen LogP contribution is 2.24. The van der Waals surface area contributed by atoms with Crippen LogP contribution < -0.4 is 11.5 Å². The van der Waals surface area contributed by atoms with Crippen LogP contribution in [0.15, 0.2) is 71.8 Å². The van der Waals surface area contributed by atoms with Crippen LogP contribution in [0.25, 0.3) is 10.9 Å². The number of nitrogens with two attached hydrogens (primary N) is 2. The number of amides is 1. The Morgan fingerprint density at radius 1 is 1.03 bits per heavy atom. The Bertz CT molecular complexity index is 1030. The maximum atomic E-state index is 13.1. The van der Waals surface area contributed by atoms with Gasteiger partial charge in [-0.3, -0.25) is 9.59 Å². The van der Waals surface area contributed by atoms with Gasteiger partial charge in [-0.1, -0.05) is 54.6 Å². The van der Waals surface area contributed by atoms with Gasteiger partial charge in [-0.05, 0) is 55.3 Å². The van der Waals surface area contributed by atoms with Gasteiger partial charge in [0.05, 0.1) is 11.6 Å². The number of fused-ring (bicyclic) bond motifs is 1. The molecule has 1 aromatic heterocycles. The number of hydrogen-bond acceptors (Lipinski definition) is 6.